The summed E-state index contributed by atoms with van der Waals surface area (Å²) in [5.41, 5.74) is 2.01. The third-order valence-electron chi connectivity index (χ3n) is 5.13. The van der Waals surface area contributed by atoms with Crippen molar-refractivity contribution in [2.45, 2.75) is 6.36 Å². The van der Waals surface area contributed by atoms with Crippen LogP contribution < -0.4 is 15.4 Å². The second-order valence-electron chi connectivity index (χ2n) is 7.72. The van der Waals surface area contributed by atoms with Gasteiger partial charge in [0.15, 0.2) is 5.65 Å². The molecule has 0 aliphatic carbocycles. The Morgan fingerprint density at radius 1 is 1.03 bits per heavy atom. The molecule has 0 aliphatic rings. The third-order valence-corrected chi connectivity index (χ3v) is 5.35. The predicted octanol–water partition coefficient (Wildman–Crippen LogP) is 6.10. The lowest BCUT2D eigenvalue weighted by Gasteiger charge is -2.14. The number of rotatable bonds is 6. The molecule has 1 amide bonds. The summed E-state index contributed by atoms with van der Waals surface area (Å²) in [4.78, 5) is 32.6. The van der Waals surface area contributed by atoms with Gasteiger partial charge in [0.1, 0.15) is 34.9 Å². The zero-order valence-electron chi connectivity index (χ0n) is 18.8. The third kappa shape index (κ3) is 5.47. The Morgan fingerprint density at radius 2 is 1.87 bits per heavy atom. The first-order chi connectivity index (χ1) is 18.2. The number of ether oxygens (including phenoxy) is 1. The van der Waals surface area contributed by atoms with Gasteiger partial charge in [-0.3, -0.25) is 4.79 Å². The molecule has 0 spiro atoms. The van der Waals surface area contributed by atoms with Crippen LogP contribution in [0.4, 0.5) is 34.8 Å². The van der Waals surface area contributed by atoms with Crippen molar-refractivity contribution < 1.29 is 27.1 Å². The number of H-pyrrole nitrogens is 1. The maximum atomic E-state index is 14.6. The van der Waals surface area contributed by atoms with Crippen LogP contribution in [0.5, 0.6) is 5.75 Å². The Hall–Kier alpha value is -4.78. The van der Waals surface area contributed by atoms with Crippen molar-refractivity contribution in [1.82, 2.24) is 24.9 Å². The number of hydrogen-bond acceptors (Lipinski definition) is 7. The second-order valence-corrected chi connectivity index (χ2v) is 8.16. The molecule has 14 heteroatoms. The summed E-state index contributed by atoms with van der Waals surface area (Å²) in [7, 11) is 0. The Bertz CT molecular complexity index is 1660. The average Bonchev–Trinajstić information content (AvgIpc) is 3.34. The van der Waals surface area contributed by atoms with E-state index >= 15 is 0 Å². The van der Waals surface area contributed by atoms with E-state index in [9.17, 15) is 22.4 Å². The molecule has 0 fully saturated rings. The minimum atomic E-state index is -4.98. The molecule has 3 heterocycles. The molecule has 0 atom stereocenters. The van der Waals surface area contributed by atoms with Crippen molar-refractivity contribution >= 4 is 45.9 Å². The fraction of sp³-hybridized carbons (Fsp3) is 0.0417. The van der Waals surface area contributed by atoms with Gasteiger partial charge in [0.2, 0.25) is 0 Å². The molecule has 0 saturated heterocycles. The summed E-state index contributed by atoms with van der Waals surface area (Å²) in [5.74, 6) is -2.01. The van der Waals surface area contributed by atoms with Crippen molar-refractivity contribution in [3.8, 4) is 17.0 Å². The molecule has 0 radical (unpaired) electrons. The maximum absolute atomic E-state index is 14.6. The number of benzene rings is 2. The van der Waals surface area contributed by atoms with E-state index in [4.69, 9.17) is 11.6 Å². The van der Waals surface area contributed by atoms with Crippen LogP contribution in [0.25, 0.3) is 22.4 Å². The number of nitrogens with one attached hydrogen (secondary N) is 3. The zero-order valence-corrected chi connectivity index (χ0v) is 19.6. The quantitative estimate of drug-likeness (QED) is 0.221. The molecular formula is C24H14ClF4N7O2. The predicted molar refractivity (Wildman–Crippen MR) is 131 cm³/mol. The molecule has 0 unspecified atom stereocenters. The smallest absolute Gasteiger partial charge is 0.406 e. The minimum Gasteiger partial charge on any atom is -0.406 e. The Kier molecular flexibility index (Phi) is 6.51. The van der Waals surface area contributed by atoms with Crippen LogP contribution in [-0.4, -0.2) is 37.2 Å². The minimum absolute atomic E-state index is 0.174. The maximum Gasteiger partial charge on any atom is 0.573 e. The molecule has 3 N–H and O–H groups in total. The summed E-state index contributed by atoms with van der Waals surface area (Å²) in [6.07, 6.45) is -0.589. The monoisotopic (exact) mass is 543 g/mol. The van der Waals surface area contributed by atoms with Crippen molar-refractivity contribution in [3.05, 3.63) is 83.8 Å². The van der Waals surface area contributed by atoms with E-state index in [2.05, 4.69) is 40.3 Å². The largest absolute Gasteiger partial charge is 0.573 e. The van der Waals surface area contributed by atoms with Crippen molar-refractivity contribution in [2.75, 3.05) is 10.6 Å². The van der Waals surface area contributed by atoms with Crippen LogP contribution in [0.3, 0.4) is 0 Å². The van der Waals surface area contributed by atoms with Gasteiger partial charge >= 0.3 is 6.36 Å². The van der Waals surface area contributed by atoms with Gasteiger partial charge in [0.05, 0.1) is 12.0 Å². The van der Waals surface area contributed by atoms with Crippen LogP contribution in [0.15, 0.2) is 67.4 Å². The molecule has 0 aliphatic heterocycles. The lowest BCUT2D eigenvalue weighted by atomic mass is 10.1. The number of aromatic nitrogens is 5. The summed E-state index contributed by atoms with van der Waals surface area (Å²) >= 11 is 5.83. The van der Waals surface area contributed by atoms with E-state index in [0.29, 0.717) is 33.9 Å². The van der Waals surface area contributed by atoms with Gasteiger partial charge in [-0.1, -0.05) is 11.6 Å². The fourth-order valence-electron chi connectivity index (χ4n) is 3.58. The van der Waals surface area contributed by atoms with Gasteiger partial charge < -0.3 is 20.4 Å². The number of amides is 1. The zero-order chi connectivity index (χ0) is 26.9. The number of anilines is 3. The molecule has 3 aromatic heterocycles. The van der Waals surface area contributed by atoms with E-state index in [0.717, 1.165) is 24.3 Å². The normalized spacial score (nSPS) is 11.4. The number of hydrogen-bond donors (Lipinski definition) is 3. The average molecular weight is 544 g/mol. The highest BCUT2D eigenvalue weighted by atomic mass is 35.5. The lowest BCUT2D eigenvalue weighted by Crippen LogP contribution is -2.18. The van der Waals surface area contributed by atoms with E-state index in [-0.39, 0.29) is 16.3 Å². The molecule has 9 nitrogen and oxygen atoms in total. The number of pyridine rings is 1. The Labute approximate surface area is 215 Å². The molecule has 0 saturated carbocycles. The SMILES string of the molecule is O=C(Nc1cc(Nc2ncccc2-c2ncnc3nc[nH]c23)ccc1F)c1cc(Cl)cc(OC(F)(F)F)c1. The van der Waals surface area contributed by atoms with E-state index in [1.165, 1.54) is 24.8 Å². The highest BCUT2D eigenvalue weighted by molar-refractivity contribution is 6.31. The van der Waals surface area contributed by atoms with Crippen LogP contribution in [-0.2, 0) is 0 Å². The summed E-state index contributed by atoms with van der Waals surface area (Å²) in [6.45, 7) is 0. The Balaban J connectivity index is 1.41. The first-order valence-corrected chi connectivity index (χ1v) is 11.1. The van der Waals surface area contributed by atoms with Gasteiger partial charge in [0, 0.05) is 28.0 Å². The van der Waals surface area contributed by atoms with Crippen molar-refractivity contribution in [1.29, 1.82) is 0 Å². The standard InChI is InChI=1S/C24H14ClF4N7O2/c25-13-6-12(7-15(8-13)38-24(27,28)29)23(37)36-18-9-14(3-4-17(18)26)35-21-16(2-1-5-30-21)19-20-22(33-10-31-19)34-11-32-20/h1-11H,(H,30,35)(H,36,37)(H,31,32,33,34). The summed E-state index contributed by atoms with van der Waals surface area (Å²) < 4.78 is 56.2. The Morgan fingerprint density at radius 3 is 2.68 bits per heavy atom. The number of fused-ring (bicyclic) bond motifs is 1. The van der Waals surface area contributed by atoms with E-state index in [1.807, 2.05) is 0 Å². The number of alkyl halides is 3. The van der Waals surface area contributed by atoms with Gasteiger partial charge in [0.25, 0.3) is 5.91 Å². The van der Waals surface area contributed by atoms with Gasteiger partial charge in [-0.25, -0.2) is 24.3 Å². The number of carbonyl (C=O) groups excluding carboxylic acids is 1. The molecule has 0 bridgehead atoms. The van der Waals surface area contributed by atoms with E-state index in [1.54, 1.807) is 18.3 Å². The number of nitrogens with zero attached hydrogens (tertiary/aromatic N) is 4. The van der Waals surface area contributed by atoms with Crippen LogP contribution >= 0.6 is 11.6 Å². The van der Waals surface area contributed by atoms with Gasteiger partial charge in [-0.05, 0) is 48.5 Å². The number of aromatic amines is 1. The molecular weight excluding hydrogens is 530 g/mol. The first-order valence-electron chi connectivity index (χ1n) is 10.7. The van der Waals surface area contributed by atoms with Gasteiger partial charge in [-0.15, -0.1) is 13.2 Å². The van der Waals surface area contributed by atoms with Crippen molar-refractivity contribution in [3.63, 3.8) is 0 Å². The second kappa shape index (κ2) is 9.94. The lowest BCUT2D eigenvalue weighted by molar-refractivity contribution is -0.274. The van der Waals surface area contributed by atoms with E-state index < -0.39 is 23.8 Å². The number of carbonyl (C=O) groups is 1. The first kappa shape index (κ1) is 24.9. The highest BCUT2D eigenvalue weighted by Gasteiger charge is 2.31. The van der Waals surface area contributed by atoms with Crippen LogP contribution in [0.2, 0.25) is 5.02 Å². The molecule has 38 heavy (non-hydrogen) atoms. The molecule has 2 aromatic carbocycles. The molecule has 5 rings (SSSR count). The van der Waals surface area contributed by atoms with Crippen LogP contribution in [0.1, 0.15) is 10.4 Å². The summed E-state index contributed by atoms with van der Waals surface area (Å²) in [5, 5.41) is 5.22. The van der Waals surface area contributed by atoms with Crippen molar-refractivity contribution in [2.24, 2.45) is 0 Å². The number of halogens is 5. The molecule has 5 aromatic rings. The fourth-order valence-corrected chi connectivity index (χ4v) is 3.81. The number of imidazole rings is 1. The van der Waals surface area contributed by atoms with Gasteiger partial charge in [-0.2, -0.15) is 0 Å². The highest BCUT2D eigenvalue weighted by Crippen LogP contribution is 2.32. The van der Waals surface area contributed by atoms with Crippen LogP contribution in [0, 0.1) is 5.82 Å². The molecule has 192 valence electrons. The topological polar surface area (TPSA) is 118 Å². The summed E-state index contributed by atoms with van der Waals surface area (Å²) in [6, 6.07) is 10.2.